The molecule has 0 saturated carbocycles. The topological polar surface area (TPSA) is 72.8 Å². The molecule has 0 aromatic carbocycles. The average Bonchev–Trinajstić information content (AvgIpc) is 3.02. The van der Waals surface area contributed by atoms with Gasteiger partial charge < -0.3 is 14.6 Å². The van der Waals surface area contributed by atoms with Gasteiger partial charge in [-0.2, -0.15) is 0 Å². The van der Waals surface area contributed by atoms with Crippen LogP contribution in [0.15, 0.2) is 60.8 Å². The first kappa shape index (κ1) is 41.6. The van der Waals surface area contributed by atoms with Gasteiger partial charge in [-0.1, -0.05) is 126 Å². The van der Waals surface area contributed by atoms with Crippen LogP contribution in [-0.4, -0.2) is 36.4 Å². The summed E-state index contributed by atoms with van der Waals surface area (Å²) in [5, 5.41) is 9.52. The molecular weight excluding hydrogens is 548 g/mol. The molecule has 0 fully saturated rings. The van der Waals surface area contributed by atoms with Gasteiger partial charge in [-0.15, -0.1) is 0 Å². The highest BCUT2D eigenvalue weighted by Crippen LogP contribution is 2.11. The lowest BCUT2D eigenvalue weighted by Gasteiger charge is -2.15. The zero-order valence-electron chi connectivity index (χ0n) is 28.4. The third-order valence-electron chi connectivity index (χ3n) is 7.30. The molecular formula is C39H66O5. The normalized spacial score (nSPS) is 12.9. The fraction of sp³-hybridized carbons (Fsp3) is 0.692. The Kier molecular flexibility index (Phi) is 33.2. The largest absolute Gasteiger partial charge is 0.462 e. The van der Waals surface area contributed by atoms with Crippen LogP contribution in [0.4, 0.5) is 0 Å². The van der Waals surface area contributed by atoms with E-state index in [1.54, 1.807) is 0 Å². The van der Waals surface area contributed by atoms with Gasteiger partial charge in [-0.3, -0.25) is 9.59 Å². The highest BCUT2D eigenvalue weighted by Gasteiger charge is 2.16. The number of rotatable bonds is 31. The van der Waals surface area contributed by atoms with E-state index < -0.39 is 6.10 Å². The molecule has 0 aliphatic rings. The van der Waals surface area contributed by atoms with Gasteiger partial charge in [-0.05, 0) is 77.0 Å². The summed E-state index contributed by atoms with van der Waals surface area (Å²) in [6.07, 6.45) is 44.1. The van der Waals surface area contributed by atoms with Crippen molar-refractivity contribution < 1.29 is 24.2 Å². The summed E-state index contributed by atoms with van der Waals surface area (Å²) in [5.74, 6) is -0.635. The molecule has 44 heavy (non-hydrogen) atoms. The van der Waals surface area contributed by atoms with Crippen LogP contribution in [0.3, 0.4) is 0 Å². The third kappa shape index (κ3) is 32.5. The van der Waals surface area contributed by atoms with Crippen molar-refractivity contribution in [3.63, 3.8) is 0 Å². The second kappa shape index (κ2) is 35.1. The number of aliphatic hydroxyl groups excluding tert-OH is 1. The van der Waals surface area contributed by atoms with Crippen LogP contribution >= 0.6 is 0 Å². The predicted molar refractivity (Wildman–Crippen MR) is 187 cm³/mol. The van der Waals surface area contributed by atoms with Crippen molar-refractivity contribution in [2.24, 2.45) is 0 Å². The van der Waals surface area contributed by atoms with Crippen LogP contribution in [0.5, 0.6) is 0 Å². The number of carbonyl (C=O) groups excluding carboxylic acids is 2. The highest BCUT2D eigenvalue weighted by atomic mass is 16.6. The lowest BCUT2D eigenvalue weighted by molar-refractivity contribution is -0.161. The Labute approximate surface area is 271 Å². The maximum Gasteiger partial charge on any atom is 0.306 e. The number of hydrogen-bond acceptors (Lipinski definition) is 5. The van der Waals surface area contributed by atoms with E-state index in [1.807, 2.05) is 0 Å². The molecule has 5 nitrogen and oxygen atoms in total. The van der Waals surface area contributed by atoms with Gasteiger partial charge in [0.25, 0.3) is 0 Å². The molecule has 0 aliphatic carbocycles. The molecule has 0 unspecified atom stereocenters. The van der Waals surface area contributed by atoms with Crippen molar-refractivity contribution in [1.29, 1.82) is 0 Å². The van der Waals surface area contributed by atoms with Crippen molar-refractivity contribution in [3.05, 3.63) is 60.8 Å². The Balaban J connectivity index is 3.66. The van der Waals surface area contributed by atoms with Crippen LogP contribution in [0, 0.1) is 0 Å². The predicted octanol–water partition coefficient (Wildman–Crippen LogP) is 10.8. The maximum absolute atomic E-state index is 12.1. The molecule has 252 valence electrons. The smallest absolute Gasteiger partial charge is 0.306 e. The van der Waals surface area contributed by atoms with Gasteiger partial charge in [-0.25, -0.2) is 0 Å². The molecule has 0 spiro atoms. The van der Waals surface area contributed by atoms with E-state index >= 15 is 0 Å². The Morgan fingerprint density at radius 3 is 1.50 bits per heavy atom. The number of ether oxygens (including phenoxy) is 2. The minimum atomic E-state index is -0.788. The molecule has 0 aromatic heterocycles. The van der Waals surface area contributed by atoms with E-state index in [4.69, 9.17) is 9.47 Å². The minimum absolute atomic E-state index is 0.0826. The Bertz CT molecular complexity index is 792. The summed E-state index contributed by atoms with van der Waals surface area (Å²) in [7, 11) is 0. The quantitative estimate of drug-likeness (QED) is 0.0478. The monoisotopic (exact) mass is 614 g/mol. The summed E-state index contributed by atoms with van der Waals surface area (Å²) in [4.78, 5) is 24.2. The zero-order chi connectivity index (χ0) is 32.2. The first-order valence-corrected chi connectivity index (χ1v) is 17.8. The second-order valence-corrected chi connectivity index (χ2v) is 11.6. The Morgan fingerprint density at radius 1 is 0.545 bits per heavy atom. The summed E-state index contributed by atoms with van der Waals surface area (Å²) >= 11 is 0. The zero-order valence-corrected chi connectivity index (χ0v) is 28.4. The van der Waals surface area contributed by atoms with Gasteiger partial charge in [0.15, 0.2) is 6.10 Å². The molecule has 1 N–H and O–H groups in total. The molecule has 0 heterocycles. The van der Waals surface area contributed by atoms with Gasteiger partial charge >= 0.3 is 11.9 Å². The van der Waals surface area contributed by atoms with Crippen molar-refractivity contribution >= 4 is 11.9 Å². The average molecular weight is 615 g/mol. The molecule has 0 rings (SSSR count). The van der Waals surface area contributed by atoms with Crippen LogP contribution in [-0.2, 0) is 19.1 Å². The highest BCUT2D eigenvalue weighted by molar-refractivity contribution is 5.70. The first-order chi connectivity index (χ1) is 21.6. The summed E-state index contributed by atoms with van der Waals surface area (Å²) in [6, 6.07) is 0. The summed E-state index contributed by atoms with van der Waals surface area (Å²) in [5.41, 5.74) is 0. The van der Waals surface area contributed by atoms with Crippen LogP contribution in [0.25, 0.3) is 0 Å². The summed E-state index contributed by atoms with van der Waals surface area (Å²) < 4.78 is 10.5. The number of allylic oxidation sites excluding steroid dienone is 10. The number of hydrogen-bond donors (Lipinski definition) is 1. The van der Waals surface area contributed by atoms with E-state index in [0.29, 0.717) is 12.8 Å². The lowest BCUT2D eigenvalue weighted by Crippen LogP contribution is -2.28. The van der Waals surface area contributed by atoms with Gasteiger partial charge in [0.1, 0.15) is 6.61 Å². The van der Waals surface area contributed by atoms with Gasteiger partial charge in [0.2, 0.25) is 0 Å². The van der Waals surface area contributed by atoms with E-state index in [2.05, 4.69) is 74.6 Å². The van der Waals surface area contributed by atoms with E-state index in [9.17, 15) is 14.7 Å². The number of unbranched alkanes of at least 4 members (excludes halogenated alkanes) is 13. The second-order valence-electron chi connectivity index (χ2n) is 11.6. The molecule has 1 atom stereocenters. The molecule has 0 amide bonds. The minimum Gasteiger partial charge on any atom is -0.462 e. The van der Waals surface area contributed by atoms with Crippen LogP contribution in [0.2, 0.25) is 0 Å². The lowest BCUT2D eigenvalue weighted by atomic mass is 10.1. The van der Waals surface area contributed by atoms with Crippen LogP contribution < -0.4 is 0 Å². The molecule has 0 aliphatic heterocycles. The van der Waals surface area contributed by atoms with Crippen LogP contribution in [0.1, 0.15) is 155 Å². The fourth-order valence-corrected chi connectivity index (χ4v) is 4.60. The molecule has 5 heteroatoms. The first-order valence-electron chi connectivity index (χ1n) is 17.8. The van der Waals surface area contributed by atoms with Crippen molar-refractivity contribution in [3.8, 4) is 0 Å². The van der Waals surface area contributed by atoms with Crippen molar-refractivity contribution in [2.45, 2.75) is 161 Å². The fourth-order valence-electron chi connectivity index (χ4n) is 4.60. The number of aliphatic hydroxyl groups is 1. The number of esters is 2. The molecule has 0 radical (unpaired) electrons. The SMILES string of the molecule is CCC=CCC=CCC=CCC=CCCCCCCC(=O)O[C@@H](CO)COC(=O)CCCCCCCC=CCCCCCC. The molecule has 0 bridgehead atoms. The van der Waals surface area contributed by atoms with Gasteiger partial charge in [0, 0.05) is 12.8 Å². The van der Waals surface area contributed by atoms with E-state index in [1.165, 1.54) is 44.9 Å². The van der Waals surface area contributed by atoms with Gasteiger partial charge in [0.05, 0.1) is 6.61 Å². The number of carbonyl (C=O) groups is 2. The van der Waals surface area contributed by atoms with Crippen molar-refractivity contribution in [2.75, 3.05) is 13.2 Å². The van der Waals surface area contributed by atoms with E-state index in [-0.39, 0.29) is 25.2 Å². The standard InChI is InChI=1S/C39H66O5/c1-3-5-7-9-11-13-15-17-18-19-20-22-24-26-28-30-32-34-39(42)44-37(35-40)36-43-38(41)33-31-29-27-25-23-21-16-14-12-10-8-6-4-2/h5,7,11,13-14,16-18,20,22,37,40H,3-4,6,8-10,12,15,19,21,23-36H2,1-2H3/t37-/m0/s1. The van der Waals surface area contributed by atoms with Crippen molar-refractivity contribution in [1.82, 2.24) is 0 Å². The maximum atomic E-state index is 12.1. The third-order valence-corrected chi connectivity index (χ3v) is 7.30. The van der Waals surface area contributed by atoms with E-state index in [0.717, 1.165) is 83.5 Å². The Hall–Kier alpha value is -2.40. The summed E-state index contributed by atoms with van der Waals surface area (Å²) in [6.45, 7) is 3.96. The molecule has 0 aromatic rings. The molecule has 0 saturated heterocycles. The Morgan fingerprint density at radius 2 is 0.977 bits per heavy atom.